The van der Waals surface area contributed by atoms with Crippen LogP contribution >= 0.6 is 0 Å². The average Bonchev–Trinajstić information content (AvgIpc) is 2.93. The van der Waals surface area contributed by atoms with Gasteiger partial charge in [0.05, 0.1) is 17.2 Å². The number of nitrogens with two attached hydrogens (primary N) is 1. The van der Waals surface area contributed by atoms with Crippen LogP contribution in [0, 0.1) is 40.9 Å². The maximum Gasteiger partial charge on any atom is 0.417 e. The Morgan fingerprint density at radius 2 is 1.79 bits per heavy atom. The molecule has 2 unspecified atom stereocenters. The fourth-order valence-corrected chi connectivity index (χ4v) is 10.5. The molecule has 1 amide bonds. The zero-order valence-electron chi connectivity index (χ0n) is 27.0. The molecule has 0 aromatic heterocycles. The van der Waals surface area contributed by atoms with Crippen molar-refractivity contribution >= 4 is 17.5 Å². The Bertz CT molecular complexity index is 1650. The van der Waals surface area contributed by atoms with Crippen molar-refractivity contribution in [3.8, 4) is 5.75 Å². The second-order valence-corrected chi connectivity index (χ2v) is 15.0. The van der Waals surface area contributed by atoms with E-state index < -0.39 is 98.7 Å². The number of rotatable bonds is 6. The number of fused-ring (bicyclic) bond motifs is 5. The summed E-state index contributed by atoms with van der Waals surface area (Å²) >= 11 is 0. The molecule has 13 heteroatoms. The van der Waals surface area contributed by atoms with Gasteiger partial charge >= 0.3 is 6.18 Å². The number of alkyl halides is 3. The maximum atomic E-state index is 14.9. The van der Waals surface area contributed by atoms with Gasteiger partial charge in [-0.1, -0.05) is 20.8 Å². The Morgan fingerprint density at radius 1 is 1.13 bits per heavy atom. The summed E-state index contributed by atoms with van der Waals surface area (Å²) in [6.45, 7) is 7.04. The third-order valence-corrected chi connectivity index (χ3v) is 12.2. The number of likely N-dealkylation sites (N-methyl/N-ethyl adjacent to an activating group) is 1. The first-order valence-electron chi connectivity index (χ1n) is 16.1. The van der Waals surface area contributed by atoms with E-state index in [4.69, 9.17) is 5.73 Å². The van der Waals surface area contributed by atoms with Gasteiger partial charge in [-0.3, -0.25) is 19.3 Å². The lowest BCUT2D eigenvalue weighted by Crippen LogP contribution is -2.63. The number of carbonyl (C=O) groups is 3. The van der Waals surface area contributed by atoms with E-state index in [1.807, 2.05) is 0 Å². The molecule has 0 heterocycles. The topological polar surface area (TPSA) is 173 Å². The summed E-state index contributed by atoms with van der Waals surface area (Å²) in [4.78, 5) is 40.9. The summed E-state index contributed by atoms with van der Waals surface area (Å²) in [6.07, 6.45) is -3.58. The smallest absolute Gasteiger partial charge is 0.417 e. The summed E-state index contributed by atoms with van der Waals surface area (Å²) in [5.74, 6) is -7.02. The van der Waals surface area contributed by atoms with Crippen molar-refractivity contribution in [2.24, 2.45) is 46.7 Å². The number of benzene rings is 1. The Balaban J connectivity index is 1.38. The molecule has 0 saturated heterocycles. The highest BCUT2D eigenvalue weighted by Gasteiger charge is 2.64. The number of aromatic hydroxyl groups is 1. The van der Waals surface area contributed by atoms with E-state index in [1.165, 1.54) is 19.0 Å². The largest absolute Gasteiger partial charge is 0.510 e. The van der Waals surface area contributed by atoms with Crippen molar-refractivity contribution in [1.29, 1.82) is 0 Å². The van der Waals surface area contributed by atoms with Gasteiger partial charge in [-0.15, -0.1) is 0 Å². The monoisotopic (exact) mass is 661 g/mol. The minimum Gasteiger partial charge on any atom is -0.510 e. The number of carbonyl (C=O) groups excluding carboxylic acids is 3. The van der Waals surface area contributed by atoms with Crippen LogP contribution in [-0.2, 0) is 28.7 Å². The molecule has 0 aliphatic heterocycles. The number of halogens is 3. The number of ketones is 2. The van der Waals surface area contributed by atoms with E-state index in [0.29, 0.717) is 30.2 Å². The van der Waals surface area contributed by atoms with Crippen molar-refractivity contribution in [3.63, 3.8) is 0 Å². The number of nitrogens with zero attached hydrogens (tertiary/aromatic N) is 1. The van der Waals surface area contributed by atoms with Crippen LogP contribution in [0.15, 0.2) is 28.7 Å². The summed E-state index contributed by atoms with van der Waals surface area (Å²) in [7, 11) is 2.95. The molecular weight excluding hydrogens is 619 g/mol. The van der Waals surface area contributed by atoms with Crippen molar-refractivity contribution in [2.75, 3.05) is 20.6 Å². The number of nitrogens with one attached hydrogen (secondary N) is 1. The number of allylic oxidation sites excluding steroid dienone is 1. The summed E-state index contributed by atoms with van der Waals surface area (Å²) in [6, 6.07) is -0.331. The SMILES string of the molecule is C[C@@H]1C2CC[C@H](CNCc3cc(O)c4c(c3C(F)(F)F)C[C@H]3C[C@H]5[C@H](N(C)C)C(O)=C(C(N)=O)C(=O)[C@@]5(O)C(O)=C3C4=O)C1C2(C)C. The zero-order chi connectivity index (χ0) is 34.7. The summed E-state index contributed by atoms with van der Waals surface area (Å²) in [5.41, 5.74) is -1.18. The van der Waals surface area contributed by atoms with Crippen LogP contribution in [0.1, 0.15) is 67.1 Å². The molecule has 3 saturated carbocycles. The van der Waals surface area contributed by atoms with Gasteiger partial charge in [0.25, 0.3) is 5.91 Å². The van der Waals surface area contributed by atoms with Crippen molar-refractivity contribution < 1.29 is 48.0 Å². The Labute approximate surface area is 270 Å². The number of Topliss-reactive ketones (excluding diaryl/α,β-unsaturated/α-hetero) is 2. The highest BCUT2D eigenvalue weighted by molar-refractivity contribution is 6.24. The lowest BCUT2D eigenvalue weighted by Gasteiger charge is -2.65. The van der Waals surface area contributed by atoms with E-state index in [0.717, 1.165) is 18.9 Å². The molecular formula is C34H42F3N3O7. The molecule has 3 fully saturated rings. The van der Waals surface area contributed by atoms with Crippen molar-refractivity contribution in [1.82, 2.24) is 10.2 Å². The quantitative estimate of drug-likeness (QED) is 0.249. The van der Waals surface area contributed by atoms with Gasteiger partial charge in [-0.25, -0.2) is 0 Å². The van der Waals surface area contributed by atoms with E-state index in [2.05, 4.69) is 26.1 Å². The zero-order valence-corrected chi connectivity index (χ0v) is 27.0. The molecule has 6 aliphatic rings. The molecule has 256 valence electrons. The lowest BCUT2D eigenvalue weighted by atomic mass is 9.40. The predicted octanol–water partition coefficient (Wildman–Crippen LogP) is 3.55. The second kappa shape index (κ2) is 10.8. The normalized spacial score (nSPS) is 34.6. The molecule has 47 heavy (non-hydrogen) atoms. The van der Waals surface area contributed by atoms with E-state index in [-0.39, 0.29) is 23.9 Å². The molecule has 7 rings (SSSR count). The third kappa shape index (κ3) is 4.59. The van der Waals surface area contributed by atoms with Gasteiger partial charge in [0.1, 0.15) is 22.8 Å². The minimum absolute atomic E-state index is 0.178. The van der Waals surface area contributed by atoms with E-state index >= 15 is 0 Å². The Hall–Kier alpha value is -3.42. The number of aliphatic hydroxyl groups is 3. The van der Waals surface area contributed by atoms with Gasteiger partial charge in [-0.05, 0) is 98.5 Å². The van der Waals surface area contributed by atoms with E-state index in [9.17, 15) is 48.0 Å². The maximum absolute atomic E-state index is 14.9. The Morgan fingerprint density at radius 3 is 2.34 bits per heavy atom. The first kappa shape index (κ1) is 33.5. The first-order valence-corrected chi connectivity index (χ1v) is 16.1. The van der Waals surface area contributed by atoms with Crippen LogP contribution in [0.25, 0.3) is 0 Å². The highest BCUT2D eigenvalue weighted by Crippen LogP contribution is 2.64. The van der Waals surface area contributed by atoms with Crippen LogP contribution < -0.4 is 11.1 Å². The Kier molecular flexibility index (Phi) is 7.69. The summed E-state index contributed by atoms with van der Waals surface area (Å²) in [5, 5.41) is 48.3. The number of hydrogen-bond donors (Lipinski definition) is 6. The number of aliphatic hydroxyl groups excluding tert-OH is 2. The fraction of sp³-hybridized carbons (Fsp3) is 0.618. The summed E-state index contributed by atoms with van der Waals surface area (Å²) < 4.78 is 44.6. The fourth-order valence-electron chi connectivity index (χ4n) is 10.5. The molecule has 1 aromatic rings. The first-order chi connectivity index (χ1) is 21.8. The standard InChI is InChI=1S/C34H42F3N3O7/c1-13-18-7-6-14(24(13)32(18,2)3)11-39-12-16-10-20(41)22-17(25(16)34(35,36)37)8-15-9-19-26(40(4)5)28(43)23(31(38)46)30(45)33(19,47)29(44)21(15)27(22)42/h10,13-15,18-19,24,26,39,41,43-44,47H,6-9,11-12H2,1-5H3,(H2,38,46)/t13-,14-,15+,18?,19+,24?,26+,33+/m1/s1. The second-order valence-electron chi connectivity index (χ2n) is 15.0. The van der Waals surface area contributed by atoms with Crippen LogP contribution in [0.5, 0.6) is 5.75 Å². The van der Waals surface area contributed by atoms with Gasteiger partial charge in [-0.2, -0.15) is 13.2 Å². The molecule has 1 aromatic carbocycles. The van der Waals surface area contributed by atoms with Gasteiger partial charge < -0.3 is 31.5 Å². The number of phenols is 1. The number of phenolic OH excluding ortho intramolecular Hbond substituents is 1. The minimum atomic E-state index is -4.90. The van der Waals surface area contributed by atoms with Gasteiger partial charge in [0.15, 0.2) is 11.4 Å². The molecule has 2 bridgehead atoms. The van der Waals surface area contributed by atoms with Gasteiger partial charge in [0, 0.05) is 18.0 Å². The molecule has 6 aliphatic carbocycles. The van der Waals surface area contributed by atoms with Crippen LogP contribution in [0.4, 0.5) is 13.2 Å². The third-order valence-electron chi connectivity index (χ3n) is 12.2. The number of hydrogen-bond acceptors (Lipinski definition) is 9. The predicted molar refractivity (Wildman–Crippen MR) is 163 cm³/mol. The molecule has 0 spiro atoms. The van der Waals surface area contributed by atoms with Crippen molar-refractivity contribution in [3.05, 3.63) is 51.0 Å². The van der Waals surface area contributed by atoms with Crippen LogP contribution in [0.3, 0.4) is 0 Å². The molecule has 7 N–H and O–H groups in total. The molecule has 10 nitrogen and oxygen atoms in total. The van der Waals surface area contributed by atoms with Crippen LogP contribution in [0.2, 0.25) is 0 Å². The molecule has 0 radical (unpaired) electrons. The average molecular weight is 662 g/mol. The number of amides is 1. The molecule has 8 atom stereocenters. The highest BCUT2D eigenvalue weighted by atomic mass is 19.4. The van der Waals surface area contributed by atoms with Crippen LogP contribution in [-0.4, -0.2) is 75.1 Å². The lowest BCUT2D eigenvalue weighted by molar-refractivity contribution is -0.160. The van der Waals surface area contributed by atoms with Crippen molar-refractivity contribution in [2.45, 2.75) is 70.8 Å². The van der Waals surface area contributed by atoms with E-state index in [1.54, 1.807) is 0 Å². The van der Waals surface area contributed by atoms with Gasteiger partial charge in [0.2, 0.25) is 5.78 Å². The number of primary amides is 1.